The predicted octanol–water partition coefficient (Wildman–Crippen LogP) is 4.35. The summed E-state index contributed by atoms with van der Waals surface area (Å²) in [5.74, 6) is -0.635. The Bertz CT molecular complexity index is 519. The lowest BCUT2D eigenvalue weighted by Gasteiger charge is -2.52. The average Bonchev–Trinajstić information content (AvgIpc) is 2.53. The highest BCUT2D eigenvalue weighted by atomic mass is 16.6. The van der Waals surface area contributed by atoms with Crippen molar-refractivity contribution in [2.45, 2.75) is 92.3 Å². The normalized spacial score (nSPS) is 19.0. The SMILES string of the molecule is CC.CC(C)C(=O)CC(=O)OC1CCC2(CC1)CN(C(=O)OC(C)(C)C)C2. The molecular weight excluding hydrogens is 346 g/mol. The number of Topliss-reactive ketones (excluding diaryl/α,β-unsaturated/α-hetero) is 1. The van der Waals surface area contributed by atoms with Crippen molar-refractivity contribution in [3.05, 3.63) is 0 Å². The zero-order chi connectivity index (χ0) is 20.8. The van der Waals surface area contributed by atoms with E-state index < -0.39 is 11.6 Å². The molecule has 2 aliphatic rings. The number of nitrogens with zero attached hydrogens (tertiary/aromatic N) is 1. The van der Waals surface area contributed by atoms with Crippen molar-refractivity contribution in [3.8, 4) is 0 Å². The molecule has 1 spiro atoms. The first-order valence-electron chi connectivity index (χ1n) is 10.2. The van der Waals surface area contributed by atoms with Gasteiger partial charge in [-0.15, -0.1) is 0 Å². The molecule has 1 saturated carbocycles. The van der Waals surface area contributed by atoms with Crippen LogP contribution in [0, 0.1) is 11.3 Å². The van der Waals surface area contributed by atoms with Gasteiger partial charge in [0.25, 0.3) is 0 Å². The van der Waals surface area contributed by atoms with Gasteiger partial charge in [-0.25, -0.2) is 4.79 Å². The molecule has 27 heavy (non-hydrogen) atoms. The summed E-state index contributed by atoms with van der Waals surface area (Å²) in [7, 11) is 0. The lowest BCUT2D eigenvalue weighted by molar-refractivity contribution is -0.155. The molecule has 2 fully saturated rings. The van der Waals surface area contributed by atoms with Crippen LogP contribution in [0.1, 0.15) is 80.6 Å². The van der Waals surface area contributed by atoms with Crippen molar-refractivity contribution < 1.29 is 23.9 Å². The van der Waals surface area contributed by atoms with Gasteiger partial charge in [-0.05, 0) is 46.5 Å². The zero-order valence-electron chi connectivity index (χ0n) is 18.1. The van der Waals surface area contributed by atoms with Crippen molar-refractivity contribution in [1.29, 1.82) is 0 Å². The smallest absolute Gasteiger partial charge is 0.410 e. The fourth-order valence-electron chi connectivity index (χ4n) is 3.43. The molecule has 1 heterocycles. The van der Waals surface area contributed by atoms with Crippen LogP contribution in [-0.2, 0) is 19.1 Å². The van der Waals surface area contributed by atoms with Gasteiger partial charge in [0.2, 0.25) is 0 Å². The molecule has 0 atom stereocenters. The molecule has 1 aliphatic heterocycles. The number of ether oxygens (including phenoxy) is 2. The highest BCUT2D eigenvalue weighted by Gasteiger charge is 2.48. The lowest BCUT2D eigenvalue weighted by Crippen LogP contribution is -2.60. The van der Waals surface area contributed by atoms with Gasteiger partial charge in [-0.2, -0.15) is 0 Å². The topological polar surface area (TPSA) is 72.9 Å². The minimum atomic E-state index is -0.473. The highest BCUT2D eigenvalue weighted by Crippen LogP contribution is 2.44. The first kappa shape index (κ1) is 23.4. The maximum Gasteiger partial charge on any atom is 0.410 e. The quantitative estimate of drug-likeness (QED) is 0.533. The summed E-state index contributed by atoms with van der Waals surface area (Å²) >= 11 is 0. The van der Waals surface area contributed by atoms with Gasteiger partial charge in [0.1, 0.15) is 23.9 Å². The van der Waals surface area contributed by atoms with Gasteiger partial charge < -0.3 is 14.4 Å². The largest absolute Gasteiger partial charge is 0.462 e. The van der Waals surface area contributed by atoms with Crippen molar-refractivity contribution in [2.75, 3.05) is 13.1 Å². The van der Waals surface area contributed by atoms with Gasteiger partial charge in [-0.3, -0.25) is 9.59 Å². The Labute approximate surface area is 164 Å². The number of hydrogen-bond acceptors (Lipinski definition) is 5. The molecule has 0 unspecified atom stereocenters. The van der Waals surface area contributed by atoms with Crippen molar-refractivity contribution in [2.24, 2.45) is 11.3 Å². The van der Waals surface area contributed by atoms with Crippen LogP contribution in [0.5, 0.6) is 0 Å². The first-order chi connectivity index (χ1) is 12.5. The number of rotatable bonds is 4. The summed E-state index contributed by atoms with van der Waals surface area (Å²) in [6, 6.07) is 0. The molecule has 1 amide bonds. The molecule has 1 saturated heterocycles. The van der Waals surface area contributed by atoms with E-state index >= 15 is 0 Å². The van der Waals surface area contributed by atoms with Crippen LogP contribution in [0.4, 0.5) is 4.79 Å². The second-order valence-corrected chi connectivity index (χ2v) is 8.82. The van der Waals surface area contributed by atoms with E-state index in [0.29, 0.717) is 13.1 Å². The molecule has 0 radical (unpaired) electrons. The van der Waals surface area contributed by atoms with Crippen LogP contribution in [0.3, 0.4) is 0 Å². The summed E-state index contributed by atoms with van der Waals surface area (Å²) in [6.45, 7) is 14.6. The van der Waals surface area contributed by atoms with Gasteiger partial charge in [0.15, 0.2) is 0 Å². The van der Waals surface area contributed by atoms with Crippen LogP contribution in [-0.4, -0.2) is 47.5 Å². The maximum atomic E-state index is 12.0. The predicted molar refractivity (Wildman–Crippen MR) is 104 cm³/mol. The monoisotopic (exact) mass is 383 g/mol. The van der Waals surface area contributed by atoms with E-state index in [1.54, 1.807) is 18.7 Å². The molecule has 0 aromatic rings. The maximum absolute atomic E-state index is 12.0. The third kappa shape index (κ3) is 7.15. The second-order valence-electron chi connectivity index (χ2n) is 8.82. The van der Waals surface area contributed by atoms with E-state index in [0.717, 1.165) is 25.7 Å². The minimum Gasteiger partial charge on any atom is -0.462 e. The molecule has 0 N–H and O–H groups in total. The molecule has 0 aromatic carbocycles. The molecule has 0 aromatic heterocycles. The summed E-state index contributed by atoms with van der Waals surface area (Å²) < 4.78 is 10.8. The van der Waals surface area contributed by atoms with E-state index in [4.69, 9.17) is 9.47 Å². The van der Waals surface area contributed by atoms with Gasteiger partial charge in [0, 0.05) is 24.4 Å². The molecule has 2 rings (SSSR count). The standard InChI is InChI=1S/C19H31NO5.C2H6/c1-13(2)15(21)10-16(22)24-14-6-8-19(9-7-14)11-20(12-19)17(23)25-18(3,4)5;1-2/h13-14H,6-12H2,1-5H3;1-2H3. The van der Waals surface area contributed by atoms with Crippen molar-refractivity contribution >= 4 is 17.8 Å². The first-order valence-corrected chi connectivity index (χ1v) is 10.2. The van der Waals surface area contributed by atoms with Gasteiger partial charge in [-0.1, -0.05) is 27.7 Å². The van der Waals surface area contributed by atoms with E-state index in [1.165, 1.54) is 0 Å². The van der Waals surface area contributed by atoms with Crippen LogP contribution >= 0.6 is 0 Å². The Morgan fingerprint density at radius 1 is 1.07 bits per heavy atom. The molecular formula is C21H37NO5. The molecule has 6 heteroatoms. The van der Waals surface area contributed by atoms with Crippen LogP contribution in [0.2, 0.25) is 0 Å². The van der Waals surface area contributed by atoms with E-state index in [-0.39, 0.29) is 35.7 Å². The number of amides is 1. The molecule has 1 aliphatic carbocycles. The number of likely N-dealkylation sites (tertiary alicyclic amines) is 1. The van der Waals surface area contributed by atoms with Crippen molar-refractivity contribution in [3.63, 3.8) is 0 Å². The Kier molecular flexibility index (Phi) is 8.30. The van der Waals surface area contributed by atoms with Gasteiger partial charge >= 0.3 is 12.1 Å². The number of hydrogen-bond donors (Lipinski definition) is 0. The third-order valence-corrected chi connectivity index (χ3v) is 4.96. The number of carbonyl (C=O) groups excluding carboxylic acids is 3. The molecule has 6 nitrogen and oxygen atoms in total. The fourth-order valence-corrected chi connectivity index (χ4v) is 3.43. The Morgan fingerprint density at radius 3 is 2.04 bits per heavy atom. The summed E-state index contributed by atoms with van der Waals surface area (Å²) in [5.41, 5.74) is -0.327. The summed E-state index contributed by atoms with van der Waals surface area (Å²) in [4.78, 5) is 37.2. The van der Waals surface area contributed by atoms with Crippen molar-refractivity contribution in [1.82, 2.24) is 4.90 Å². The van der Waals surface area contributed by atoms with E-state index in [9.17, 15) is 14.4 Å². The highest BCUT2D eigenvalue weighted by molar-refractivity contribution is 5.96. The van der Waals surface area contributed by atoms with Gasteiger partial charge in [0.05, 0.1) is 0 Å². The number of ketones is 1. The van der Waals surface area contributed by atoms with Crippen LogP contribution < -0.4 is 0 Å². The Morgan fingerprint density at radius 2 is 1.59 bits per heavy atom. The van der Waals surface area contributed by atoms with Crippen LogP contribution in [0.25, 0.3) is 0 Å². The summed E-state index contributed by atoms with van der Waals surface area (Å²) in [5, 5.41) is 0. The number of esters is 1. The van der Waals surface area contributed by atoms with Crippen LogP contribution in [0.15, 0.2) is 0 Å². The Hall–Kier alpha value is -1.59. The third-order valence-electron chi connectivity index (χ3n) is 4.96. The van der Waals surface area contributed by atoms with E-state index in [1.807, 2.05) is 34.6 Å². The lowest BCUT2D eigenvalue weighted by atomic mass is 9.68. The molecule has 156 valence electrons. The number of carbonyl (C=O) groups is 3. The fraction of sp³-hybridized carbons (Fsp3) is 0.857. The average molecular weight is 384 g/mol. The molecule has 0 bridgehead atoms. The van der Waals surface area contributed by atoms with E-state index in [2.05, 4.69) is 0 Å². The summed E-state index contributed by atoms with van der Waals surface area (Å²) in [6.07, 6.45) is 2.97. The Balaban J connectivity index is 0.00000176. The minimum absolute atomic E-state index is 0.0794. The zero-order valence-corrected chi connectivity index (χ0v) is 18.1. The second kappa shape index (κ2) is 9.56.